The van der Waals surface area contributed by atoms with Crippen molar-refractivity contribution in [1.82, 2.24) is 15.0 Å². The van der Waals surface area contributed by atoms with Gasteiger partial charge in [-0.3, -0.25) is 5.84 Å². The molecule has 1 atom stereocenters. The molecule has 0 radical (unpaired) electrons. The third kappa shape index (κ3) is 2.63. The molecule has 2 rings (SSSR count). The Hall–Kier alpha value is -1.01. The molecule has 4 nitrogen and oxygen atoms in total. The van der Waals surface area contributed by atoms with E-state index in [1.54, 1.807) is 0 Å². The molecule has 6 heteroatoms. The van der Waals surface area contributed by atoms with Gasteiger partial charge in [0.1, 0.15) is 0 Å². The van der Waals surface area contributed by atoms with Crippen LogP contribution in [0, 0.1) is 0 Å². The molecular formula is C11H13ClN4S. The van der Waals surface area contributed by atoms with Gasteiger partial charge >= 0.3 is 0 Å². The molecule has 1 aromatic carbocycles. The quantitative estimate of drug-likeness (QED) is 0.660. The smallest absolute Gasteiger partial charge is 0.0837 e. The highest BCUT2D eigenvalue weighted by Crippen LogP contribution is 2.27. The van der Waals surface area contributed by atoms with E-state index in [0.29, 0.717) is 5.02 Å². The van der Waals surface area contributed by atoms with Gasteiger partial charge in [0.25, 0.3) is 0 Å². The Morgan fingerprint density at radius 2 is 2.12 bits per heavy atom. The lowest BCUT2D eigenvalue weighted by molar-refractivity contribution is 0.639. The highest BCUT2D eigenvalue weighted by molar-refractivity contribution is 7.05. The number of hydrazine groups is 1. The van der Waals surface area contributed by atoms with Crippen molar-refractivity contribution in [1.29, 1.82) is 0 Å². The van der Waals surface area contributed by atoms with Crippen LogP contribution in [0.1, 0.15) is 29.1 Å². The molecule has 1 aromatic heterocycles. The van der Waals surface area contributed by atoms with E-state index in [1.165, 1.54) is 11.5 Å². The number of benzene rings is 1. The molecule has 0 saturated heterocycles. The predicted octanol–water partition coefficient (Wildman–Crippen LogP) is 2.31. The lowest BCUT2D eigenvalue weighted by atomic mass is 10.0. The summed E-state index contributed by atoms with van der Waals surface area (Å²) >= 11 is 7.24. The number of rotatable bonds is 4. The minimum atomic E-state index is -0.0813. The minimum absolute atomic E-state index is 0.0813. The molecule has 1 unspecified atom stereocenters. The number of hydrogen-bond acceptors (Lipinski definition) is 5. The van der Waals surface area contributed by atoms with Crippen molar-refractivity contribution in [2.45, 2.75) is 19.4 Å². The fourth-order valence-corrected chi connectivity index (χ4v) is 2.61. The van der Waals surface area contributed by atoms with Crippen LogP contribution in [0.5, 0.6) is 0 Å². The van der Waals surface area contributed by atoms with Crippen LogP contribution >= 0.6 is 23.1 Å². The standard InChI is InChI=1S/C11H13ClN4S/c1-2-9-11(17-16-15-9)10(14-13)7-3-5-8(12)6-4-7/h3-6,10,14H,2,13H2,1H3. The monoisotopic (exact) mass is 268 g/mol. The van der Waals surface area contributed by atoms with E-state index in [4.69, 9.17) is 17.4 Å². The van der Waals surface area contributed by atoms with Crippen molar-refractivity contribution < 1.29 is 0 Å². The predicted molar refractivity (Wildman–Crippen MR) is 69.9 cm³/mol. The molecule has 0 aliphatic carbocycles. The molecule has 0 spiro atoms. The summed E-state index contributed by atoms with van der Waals surface area (Å²) in [6.45, 7) is 2.05. The van der Waals surface area contributed by atoms with Crippen LogP contribution in [-0.2, 0) is 6.42 Å². The lowest BCUT2D eigenvalue weighted by Gasteiger charge is -2.15. The number of halogens is 1. The maximum absolute atomic E-state index is 5.87. The molecule has 90 valence electrons. The van der Waals surface area contributed by atoms with Crippen LogP contribution < -0.4 is 11.3 Å². The average Bonchev–Trinajstić information content (AvgIpc) is 2.81. The van der Waals surface area contributed by atoms with Gasteiger partial charge in [0.2, 0.25) is 0 Å². The van der Waals surface area contributed by atoms with Crippen LogP contribution in [0.3, 0.4) is 0 Å². The summed E-state index contributed by atoms with van der Waals surface area (Å²) in [6, 6.07) is 7.52. The number of nitrogens with two attached hydrogens (primary N) is 1. The van der Waals surface area contributed by atoms with Gasteiger partial charge in [0, 0.05) is 5.02 Å². The zero-order valence-corrected chi connectivity index (χ0v) is 10.9. The first-order valence-corrected chi connectivity index (χ1v) is 6.44. The average molecular weight is 269 g/mol. The minimum Gasteiger partial charge on any atom is -0.271 e. The van der Waals surface area contributed by atoms with Gasteiger partial charge in [0.15, 0.2) is 0 Å². The van der Waals surface area contributed by atoms with E-state index in [0.717, 1.165) is 22.6 Å². The highest BCUT2D eigenvalue weighted by Gasteiger charge is 2.18. The second-order valence-electron chi connectivity index (χ2n) is 3.59. The van der Waals surface area contributed by atoms with Crippen LogP contribution in [0.15, 0.2) is 24.3 Å². The Kier molecular flexibility index (Phi) is 4.06. The number of nitrogens with one attached hydrogen (secondary N) is 1. The largest absolute Gasteiger partial charge is 0.271 e. The third-order valence-corrected chi connectivity index (χ3v) is 3.64. The Morgan fingerprint density at radius 3 is 2.71 bits per heavy atom. The van der Waals surface area contributed by atoms with Crippen LogP contribution in [0.25, 0.3) is 0 Å². The topological polar surface area (TPSA) is 63.8 Å². The fraction of sp³-hybridized carbons (Fsp3) is 0.273. The molecule has 0 aliphatic heterocycles. The van der Waals surface area contributed by atoms with E-state index >= 15 is 0 Å². The van der Waals surface area contributed by atoms with Crippen molar-refractivity contribution in [3.8, 4) is 0 Å². The van der Waals surface area contributed by atoms with E-state index in [9.17, 15) is 0 Å². The molecule has 0 saturated carbocycles. The normalized spacial score (nSPS) is 12.6. The first-order chi connectivity index (χ1) is 8.26. The van der Waals surface area contributed by atoms with E-state index in [2.05, 4.69) is 21.9 Å². The summed E-state index contributed by atoms with van der Waals surface area (Å²) in [4.78, 5) is 1.05. The van der Waals surface area contributed by atoms with Gasteiger partial charge < -0.3 is 0 Å². The van der Waals surface area contributed by atoms with Crippen LogP contribution in [0.2, 0.25) is 5.02 Å². The summed E-state index contributed by atoms with van der Waals surface area (Å²) < 4.78 is 3.97. The summed E-state index contributed by atoms with van der Waals surface area (Å²) in [5.74, 6) is 5.63. The van der Waals surface area contributed by atoms with E-state index < -0.39 is 0 Å². The summed E-state index contributed by atoms with van der Waals surface area (Å²) in [6.07, 6.45) is 0.845. The molecule has 3 N–H and O–H groups in total. The van der Waals surface area contributed by atoms with Crippen LogP contribution in [-0.4, -0.2) is 9.59 Å². The molecule has 0 fully saturated rings. The second kappa shape index (κ2) is 5.55. The van der Waals surface area contributed by atoms with Crippen molar-refractivity contribution in [2.24, 2.45) is 5.84 Å². The van der Waals surface area contributed by atoms with Gasteiger partial charge in [-0.15, -0.1) is 5.10 Å². The molecule has 1 heterocycles. The van der Waals surface area contributed by atoms with Crippen molar-refractivity contribution in [3.05, 3.63) is 45.4 Å². The molecule has 0 amide bonds. The number of nitrogens with zero attached hydrogens (tertiary/aromatic N) is 2. The van der Waals surface area contributed by atoms with Crippen LogP contribution in [0.4, 0.5) is 0 Å². The second-order valence-corrected chi connectivity index (χ2v) is 4.81. The van der Waals surface area contributed by atoms with Crippen molar-refractivity contribution in [2.75, 3.05) is 0 Å². The first-order valence-electron chi connectivity index (χ1n) is 5.29. The number of hydrogen-bond donors (Lipinski definition) is 2. The van der Waals surface area contributed by atoms with Crippen molar-refractivity contribution >= 4 is 23.1 Å². The van der Waals surface area contributed by atoms with E-state index in [1.807, 2.05) is 24.3 Å². The van der Waals surface area contributed by atoms with Crippen molar-refractivity contribution in [3.63, 3.8) is 0 Å². The van der Waals surface area contributed by atoms with E-state index in [-0.39, 0.29) is 6.04 Å². The zero-order valence-electron chi connectivity index (χ0n) is 9.35. The van der Waals surface area contributed by atoms with Gasteiger partial charge in [-0.25, -0.2) is 5.43 Å². The Balaban J connectivity index is 2.36. The molecule has 2 aromatic rings. The van der Waals surface area contributed by atoms with Gasteiger partial charge in [-0.05, 0) is 35.6 Å². The fourth-order valence-electron chi connectivity index (χ4n) is 1.66. The maximum Gasteiger partial charge on any atom is 0.0837 e. The van der Waals surface area contributed by atoms with Gasteiger partial charge in [0.05, 0.1) is 16.6 Å². The SMILES string of the molecule is CCc1nnsc1C(NN)c1ccc(Cl)cc1. The summed E-state index contributed by atoms with van der Waals surface area (Å²) in [5, 5.41) is 4.80. The Bertz CT molecular complexity index is 482. The Labute approximate surface area is 109 Å². The zero-order chi connectivity index (χ0) is 12.3. The summed E-state index contributed by atoms with van der Waals surface area (Å²) in [5.41, 5.74) is 4.84. The Morgan fingerprint density at radius 1 is 1.41 bits per heavy atom. The lowest BCUT2D eigenvalue weighted by Crippen LogP contribution is -2.28. The van der Waals surface area contributed by atoms with Gasteiger partial charge in [-0.1, -0.05) is 35.1 Å². The molecule has 0 bridgehead atoms. The maximum atomic E-state index is 5.87. The molecule has 0 aliphatic rings. The summed E-state index contributed by atoms with van der Waals surface area (Å²) in [7, 11) is 0. The highest BCUT2D eigenvalue weighted by atomic mass is 35.5. The third-order valence-electron chi connectivity index (χ3n) is 2.55. The first kappa shape index (κ1) is 12.4. The molecular weight excluding hydrogens is 256 g/mol. The number of aromatic nitrogens is 2. The molecule has 17 heavy (non-hydrogen) atoms. The van der Waals surface area contributed by atoms with Gasteiger partial charge in [-0.2, -0.15) is 0 Å². The number of aryl methyl sites for hydroxylation is 1.